The van der Waals surface area contributed by atoms with Crippen molar-refractivity contribution in [3.63, 3.8) is 0 Å². The molecule has 3 N–H and O–H groups in total. The highest BCUT2D eigenvalue weighted by Crippen LogP contribution is 2.31. The molecule has 0 bridgehead atoms. The number of anilines is 2. The van der Waals surface area contributed by atoms with Crippen LogP contribution in [0, 0.1) is 10.1 Å². The van der Waals surface area contributed by atoms with E-state index in [1.165, 1.54) is 24.4 Å². The van der Waals surface area contributed by atoms with Crippen LogP contribution in [0.4, 0.5) is 17.1 Å². The molecule has 12 heteroatoms. The molecule has 0 aromatic heterocycles. The van der Waals surface area contributed by atoms with E-state index in [4.69, 9.17) is 16.3 Å². The quantitative estimate of drug-likeness (QED) is 0.226. The van der Waals surface area contributed by atoms with Gasteiger partial charge in [-0.25, -0.2) is 8.42 Å². The van der Waals surface area contributed by atoms with Gasteiger partial charge in [-0.3, -0.25) is 20.3 Å². The number of halogens is 1. The molecule has 0 spiro atoms. The lowest BCUT2D eigenvalue weighted by molar-refractivity contribution is -0.385. The van der Waals surface area contributed by atoms with Crippen molar-refractivity contribution in [2.24, 2.45) is 5.10 Å². The molecule has 172 valence electrons. The van der Waals surface area contributed by atoms with Gasteiger partial charge in [-0.1, -0.05) is 29.8 Å². The minimum atomic E-state index is -4.28. The first-order chi connectivity index (χ1) is 15.7. The van der Waals surface area contributed by atoms with E-state index in [-0.39, 0.29) is 27.9 Å². The number of aromatic hydroxyl groups is 1. The summed E-state index contributed by atoms with van der Waals surface area (Å²) in [4.78, 5) is 10.1. The second kappa shape index (κ2) is 10.2. The molecule has 0 amide bonds. The number of nitrogens with one attached hydrogen (secondary N) is 2. The van der Waals surface area contributed by atoms with E-state index in [0.29, 0.717) is 12.2 Å². The van der Waals surface area contributed by atoms with Gasteiger partial charge in [0.2, 0.25) is 0 Å². The van der Waals surface area contributed by atoms with Crippen LogP contribution in [0.25, 0.3) is 0 Å². The summed E-state index contributed by atoms with van der Waals surface area (Å²) >= 11 is 6.03. The number of phenols is 1. The van der Waals surface area contributed by atoms with E-state index in [1.807, 2.05) is 0 Å². The van der Waals surface area contributed by atoms with Crippen LogP contribution in [-0.4, -0.2) is 31.3 Å². The van der Waals surface area contributed by atoms with E-state index in [9.17, 15) is 23.6 Å². The number of hydrogen-bond donors (Lipinski definition) is 3. The van der Waals surface area contributed by atoms with Gasteiger partial charge >= 0.3 is 0 Å². The van der Waals surface area contributed by atoms with Crippen LogP contribution in [-0.2, 0) is 10.0 Å². The van der Waals surface area contributed by atoms with Gasteiger partial charge in [0.1, 0.15) is 4.90 Å². The molecule has 0 aliphatic rings. The molecule has 0 aliphatic carbocycles. The van der Waals surface area contributed by atoms with E-state index in [2.05, 4.69) is 15.2 Å². The molecular formula is C21H19ClN4O6S. The number of nitro benzene ring substituents is 1. The Morgan fingerprint density at radius 2 is 1.91 bits per heavy atom. The van der Waals surface area contributed by atoms with E-state index < -0.39 is 25.5 Å². The molecule has 0 unspecified atom stereocenters. The summed E-state index contributed by atoms with van der Waals surface area (Å²) < 4.78 is 33.7. The van der Waals surface area contributed by atoms with Crippen LogP contribution in [0.15, 0.2) is 70.7 Å². The van der Waals surface area contributed by atoms with E-state index in [0.717, 1.165) is 12.1 Å². The van der Waals surface area contributed by atoms with Gasteiger partial charge in [0.25, 0.3) is 15.7 Å². The molecule has 0 heterocycles. The van der Waals surface area contributed by atoms with Crippen molar-refractivity contribution < 1.29 is 23.2 Å². The number of benzene rings is 3. The van der Waals surface area contributed by atoms with Gasteiger partial charge in [-0.15, -0.1) is 0 Å². The monoisotopic (exact) mass is 490 g/mol. The molecule has 0 saturated heterocycles. The minimum Gasteiger partial charge on any atom is -0.504 e. The topological polar surface area (TPSA) is 143 Å². The van der Waals surface area contributed by atoms with Crippen molar-refractivity contribution in [2.75, 3.05) is 16.8 Å². The maximum Gasteiger partial charge on any atom is 0.270 e. The number of hydrogen-bond acceptors (Lipinski definition) is 8. The highest BCUT2D eigenvalue weighted by molar-refractivity contribution is 7.93. The Balaban J connectivity index is 1.95. The fraction of sp³-hybridized carbons (Fsp3) is 0.0952. The number of para-hydroxylation sites is 2. The third kappa shape index (κ3) is 5.70. The number of phenolic OH excluding ortho intramolecular Hbond substituents is 1. The Hall–Kier alpha value is -3.83. The number of sulfonamides is 1. The van der Waals surface area contributed by atoms with E-state index in [1.54, 1.807) is 37.3 Å². The van der Waals surface area contributed by atoms with Gasteiger partial charge in [-0.05, 0) is 37.3 Å². The Morgan fingerprint density at radius 1 is 1.15 bits per heavy atom. The maximum atomic E-state index is 13.0. The van der Waals surface area contributed by atoms with Crippen LogP contribution in [0.3, 0.4) is 0 Å². The first kappa shape index (κ1) is 23.8. The molecular weight excluding hydrogens is 472 g/mol. The van der Waals surface area contributed by atoms with Gasteiger partial charge in [0, 0.05) is 17.7 Å². The second-order valence-corrected chi connectivity index (χ2v) is 8.58. The second-order valence-electron chi connectivity index (χ2n) is 6.52. The molecule has 0 atom stereocenters. The predicted octanol–water partition coefficient (Wildman–Crippen LogP) is 4.60. The fourth-order valence-electron chi connectivity index (χ4n) is 2.77. The summed E-state index contributed by atoms with van der Waals surface area (Å²) in [5.74, 6) is 0.130. The van der Waals surface area contributed by atoms with Crippen molar-refractivity contribution in [2.45, 2.75) is 11.8 Å². The van der Waals surface area contributed by atoms with Gasteiger partial charge in [0.15, 0.2) is 11.5 Å². The first-order valence-electron chi connectivity index (χ1n) is 9.52. The molecule has 0 saturated carbocycles. The standard InChI is InChI=1S/C21H19ClN4O6S/c1-2-32-19-9-5-6-14(21(19)27)13-23-24-18-11-10-15(26(28)29)12-20(18)33(30,31)25-17-8-4-3-7-16(17)22/h3-13,24-25,27H,2H2,1H3/b23-13+. The average Bonchev–Trinajstić information content (AvgIpc) is 2.78. The third-order valence-electron chi connectivity index (χ3n) is 4.30. The van der Waals surface area contributed by atoms with Gasteiger partial charge in [0.05, 0.1) is 34.1 Å². The lowest BCUT2D eigenvalue weighted by Crippen LogP contribution is -2.15. The van der Waals surface area contributed by atoms with Crippen LogP contribution in [0.5, 0.6) is 11.5 Å². The predicted molar refractivity (Wildman–Crippen MR) is 126 cm³/mol. The fourth-order valence-corrected chi connectivity index (χ4v) is 4.27. The zero-order valence-electron chi connectivity index (χ0n) is 17.2. The number of rotatable bonds is 9. The number of nitro groups is 1. The summed E-state index contributed by atoms with van der Waals surface area (Å²) in [6, 6.07) is 14.3. The Kier molecular flexibility index (Phi) is 7.36. The highest BCUT2D eigenvalue weighted by atomic mass is 35.5. The molecule has 3 rings (SSSR count). The molecule has 3 aromatic rings. The average molecular weight is 491 g/mol. The summed E-state index contributed by atoms with van der Waals surface area (Å²) in [5.41, 5.74) is 2.52. The van der Waals surface area contributed by atoms with Crippen molar-refractivity contribution in [1.29, 1.82) is 0 Å². The zero-order chi connectivity index (χ0) is 24.0. The maximum absolute atomic E-state index is 13.0. The zero-order valence-corrected chi connectivity index (χ0v) is 18.8. The number of nitrogens with zero attached hydrogens (tertiary/aromatic N) is 2. The normalized spacial score (nSPS) is 11.3. The summed E-state index contributed by atoms with van der Waals surface area (Å²) in [6.45, 7) is 2.13. The summed E-state index contributed by atoms with van der Waals surface area (Å²) in [6.07, 6.45) is 1.26. The smallest absolute Gasteiger partial charge is 0.270 e. The van der Waals surface area contributed by atoms with Gasteiger partial charge < -0.3 is 9.84 Å². The minimum absolute atomic E-state index is 0.0307. The number of ether oxygens (including phenoxy) is 1. The molecule has 0 fully saturated rings. The number of non-ortho nitro benzene ring substituents is 1. The SMILES string of the molecule is CCOc1cccc(/C=N/Nc2ccc([N+](=O)[O-])cc2S(=O)(=O)Nc2ccccc2Cl)c1O. The lowest BCUT2D eigenvalue weighted by atomic mass is 10.2. The van der Waals surface area contributed by atoms with Crippen LogP contribution in [0.2, 0.25) is 5.02 Å². The molecule has 0 aliphatic heterocycles. The molecule has 3 aromatic carbocycles. The summed E-state index contributed by atoms with van der Waals surface area (Å²) in [7, 11) is -4.28. The van der Waals surface area contributed by atoms with Crippen LogP contribution < -0.4 is 14.9 Å². The van der Waals surface area contributed by atoms with Crippen molar-refractivity contribution in [3.05, 3.63) is 81.4 Å². The largest absolute Gasteiger partial charge is 0.504 e. The van der Waals surface area contributed by atoms with Crippen LogP contribution >= 0.6 is 11.6 Å². The lowest BCUT2D eigenvalue weighted by Gasteiger charge is -2.13. The highest BCUT2D eigenvalue weighted by Gasteiger charge is 2.23. The molecule has 0 radical (unpaired) electrons. The third-order valence-corrected chi connectivity index (χ3v) is 6.04. The Morgan fingerprint density at radius 3 is 2.61 bits per heavy atom. The Bertz CT molecular complexity index is 1310. The van der Waals surface area contributed by atoms with E-state index >= 15 is 0 Å². The Labute approximate surface area is 194 Å². The number of hydrazone groups is 1. The molecule has 10 nitrogen and oxygen atoms in total. The molecule has 33 heavy (non-hydrogen) atoms. The van der Waals surface area contributed by atoms with Crippen molar-refractivity contribution in [1.82, 2.24) is 0 Å². The van der Waals surface area contributed by atoms with Crippen LogP contribution in [0.1, 0.15) is 12.5 Å². The van der Waals surface area contributed by atoms with Crippen molar-refractivity contribution >= 4 is 44.9 Å². The summed E-state index contributed by atoms with van der Waals surface area (Å²) in [5, 5.41) is 25.6. The first-order valence-corrected chi connectivity index (χ1v) is 11.4. The van der Waals surface area contributed by atoms with Crippen molar-refractivity contribution in [3.8, 4) is 11.5 Å². The van der Waals surface area contributed by atoms with Gasteiger partial charge in [-0.2, -0.15) is 5.10 Å².